The molecule has 104 valence electrons. The summed E-state index contributed by atoms with van der Waals surface area (Å²) in [7, 11) is 0. The van der Waals surface area contributed by atoms with Crippen LogP contribution < -0.4 is 0 Å². The number of nitrogens with zero attached hydrogens (tertiary/aromatic N) is 1. The molecule has 2 rings (SSSR count). The van der Waals surface area contributed by atoms with E-state index in [0.29, 0.717) is 5.92 Å². The van der Waals surface area contributed by atoms with Gasteiger partial charge in [-0.2, -0.15) is 0 Å². The van der Waals surface area contributed by atoms with Gasteiger partial charge in [0, 0.05) is 29.0 Å². The van der Waals surface area contributed by atoms with Crippen LogP contribution in [0.15, 0.2) is 22.7 Å². The van der Waals surface area contributed by atoms with Crippen LogP contribution in [0.3, 0.4) is 0 Å². The highest BCUT2D eigenvalue weighted by Crippen LogP contribution is 2.26. The average Bonchev–Trinajstić information content (AvgIpc) is 2.79. The zero-order valence-corrected chi connectivity index (χ0v) is 13.0. The van der Waals surface area contributed by atoms with Crippen LogP contribution in [0.2, 0.25) is 5.02 Å². The van der Waals surface area contributed by atoms with Crippen molar-refractivity contribution in [3.8, 4) is 0 Å². The first kappa shape index (κ1) is 14.8. The number of halogens is 2. The van der Waals surface area contributed by atoms with Gasteiger partial charge in [-0.15, -0.1) is 0 Å². The first-order valence-electron chi connectivity index (χ1n) is 6.42. The Morgan fingerprint density at radius 1 is 1.53 bits per heavy atom. The lowest BCUT2D eigenvalue weighted by molar-refractivity contribution is -0.137. The van der Waals surface area contributed by atoms with Gasteiger partial charge in [0.1, 0.15) is 0 Å². The normalized spacial score (nSPS) is 19.8. The van der Waals surface area contributed by atoms with Crippen molar-refractivity contribution in [1.29, 1.82) is 0 Å². The molecule has 3 nitrogen and oxygen atoms in total. The molecular weight excluding hydrogens is 330 g/mol. The molecule has 0 spiro atoms. The Bertz CT molecular complexity index is 467. The van der Waals surface area contributed by atoms with E-state index in [-0.39, 0.29) is 6.42 Å². The highest BCUT2D eigenvalue weighted by molar-refractivity contribution is 9.10. The molecule has 1 aliphatic heterocycles. The van der Waals surface area contributed by atoms with Crippen molar-refractivity contribution in [1.82, 2.24) is 4.90 Å². The van der Waals surface area contributed by atoms with E-state index < -0.39 is 5.97 Å². The molecule has 0 bridgehead atoms. The minimum absolute atomic E-state index is 0.277. The molecule has 1 aromatic carbocycles. The number of carbonyl (C=O) groups is 1. The SMILES string of the molecule is O=C(O)CCC1CCN(Cc2cc(Cl)ccc2Br)C1. The van der Waals surface area contributed by atoms with E-state index in [1.807, 2.05) is 18.2 Å². The number of hydrogen-bond donors (Lipinski definition) is 1. The Labute approximate surface area is 126 Å². The third kappa shape index (κ3) is 4.48. The zero-order chi connectivity index (χ0) is 13.8. The van der Waals surface area contributed by atoms with Crippen molar-refractivity contribution >= 4 is 33.5 Å². The molecule has 0 radical (unpaired) electrons. The summed E-state index contributed by atoms with van der Waals surface area (Å²) in [4.78, 5) is 12.9. The summed E-state index contributed by atoms with van der Waals surface area (Å²) in [6.07, 6.45) is 2.15. The molecule has 1 aromatic rings. The van der Waals surface area contributed by atoms with Gasteiger partial charge in [0.25, 0.3) is 0 Å². The van der Waals surface area contributed by atoms with E-state index in [1.54, 1.807) is 0 Å². The number of carboxylic acid groups (broad SMARTS) is 1. The van der Waals surface area contributed by atoms with E-state index in [4.69, 9.17) is 16.7 Å². The Balaban J connectivity index is 1.87. The zero-order valence-electron chi connectivity index (χ0n) is 10.6. The fourth-order valence-corrected chi connectivity index (χ4v) is 3.09. The second kappa shape index (κ2) is 6.73. The van der Waals surface area contributed by atoms with E-state index >= 15 is 0 Å². The van der Waals surface area contributed by atoms with Crippen molar-refractivity contribution < 1.29 is 9.90 Å². The van der Waals surface area contributed by atoms with E-state index in [2.05, 4.69) is 20.8 Å². The van der Waals surface area contributed by atoms with Crippen molar-refractivity contribution in [2.75, 3.05) is 13.1 Å². The van der Waals surface area contributed by atoms with Gasteiger partial charge in [-0.1, -0.05) is 27.5 Å². The molecule has 0 amide bonds. The van der Waals surface area contributed by atoms with Crippen LogP contribution in [0.4, 0.5) is 0 Å². The summed E-state index contributed by atoms with van der Waals surface area (Å²) in [6, 6.07) is 5.82. The lowest BCUT2D eigenvalue weighted by Gasteiger charge is -2.17. The van der Waals surface area contributed by atoms with Crippen molar-refractivity contribution in [3.63, 3.8) is 0 Å². The molecule has 1 aliphatic rings. The first-order valence-corrected chi connectivity index (χ1v) is 7.60. The number of rotatable bonds is 5. The molecule has 1 N–H and O–H groups in total. The van der Waals surface area contributed by atoms with Crippen molar-refractivity contribution in [2.24, 2.45) is 5.92 Å². The molecule has 1 atom stereocenters. The van der Waals surface area contributed by atoms with Gasteiger partial charge >= 0.3 is 5.97 Å². The number of aliphatic carboxylic acids is 1. The van der Waals surface area contributed by atoms with Gasteiger partial charge in [0.2, 0.25) is 0 Å². The Kier molecular flexibility index (Phi) is 5.25. The summed E-state index contributed by atoms with van der Waals surface area (Å²) in [5.41, 5.74) is 1.19. The summed E-state index contributed by atoms with van der Waals surface area (Å²) >= 11 is 9.55. The summed E-state index contributed by atoms with van der Waals surface area (Å²) in [5, 5.41) is 9.46. The Morgan fingerprint density at radius 3 is 3.05 bits per heavy atom. The summed E-state index contributed by atoms with van der Waals surface area (Å²) in [5.74, 6) is -0.190. The van der Waals surface area contributed by atoms with Crippen LogP contribution in [0, 0.1) is 5.92 Å². The van der Waals surface area contributed by atoms with Crippen molar-refractivity contribution in [3.05, 3.63) is 33.3 Å². The topological polar surface area (TPSA) is 40.5 Å². The van der Waals surface area contributed by atoms with Gasteiger partial charge in [0.05, 0.1) is 0 Å². The van der Waals surface area contributed by atoms with Crippen LogP contribution in [-0.2, 0) is 11.3 Å². The van der Waals surface area contributed by atoms with Crippen LogP contribution in [0.25, 0.3) is 0 Å². The monoisotopic (exact) mass is 345 g/mol. The van der Waals surface area contributed by atoms with Gasteiger partial charge < -0.3 is 5.11 Å². The quantitative estimate of drug-likeness (QED) is 0.882. The minimum Gasteiger partial charge on any atom is -0.481 e. The molecule has 0 saturated carbocycles. The molecule has 1 unspecified atom stereocenters. The lowest BCUT2D eigenvalue weighted by Crippen LogP contribution is -2.20. The summed E-state index contributed by atoms with van der Waals surface area (Å²) in [6.45, 7) is 2.88. The third-order valence-corrected chi connectivity index (χ3v) is 4.55. The minimum atomic E-state index is -0.698. The van der Waals surface area contributed by atoms with Gasteiger partial charge in [-0.3, -0.25) is 9.69 Å². The third-order valence-electron chi connectivity index (χ3n) is 3.54. The van der Waals surface area contributed by atoms with E-state index in [0.717, 1.165) is 42.0 Å². The van der Waals surface area contributed by atoms with Crippen LogP contribution >= 0.6 is 27.5 Å². The average molecular weight is 347 g/mol. The molecule has 0 aliphatic carbocycles. The van der Waals surface area contributed by atoms with Gasteiger partial charge in [-0.25, -0.2) is 0 Å². The fraction of sp³-hybridized carbons (Fsp3) is 0.500. The van der Waals surface area contributed by atoms with E-state index in [1.165, 1.54) is 5.56 Å². The predicted octanol–water partition coefficient (Wildman–Crippen LogP) is 3.79. The maximum Gasteiger partial charge on any atom is 0.303 e. The molecule has 1 fully saturated rings. The van der Waals surface area contributed by atoms with Crippen LogP contribution in [0.1, 0.15) is 24.8 Å². The van der Waals surface area contributed by atoms with Gasteiger partial charge in [-0.05, 0) is 49.1 Å². The first-order chi connectivity index (χ1) is 9.04. The molecule has 1 heterocycles. The highest BCUT2D eigenvalue weighted by Gasteiger charge is 2.23. The second-order valence-corrected chi connectivity index (χ2v) is 6.35. The number of carboxylic acids is 1. The Morgan fingerprint density at radius 2 is 2.32 bits per heavy atom. The smallest absolute Gasteiger partial charge is 0.303 e. The van der Waals surface area contributed by atoms with Gasteiger partial charge in [0.15, 0.2) is 0 Å². The molecule has 0 aromatic heterocycles. The Hall–Kier alpha value is -0.580. The summed E-state index contributed by atoms with van der Waals surface area (Å²) < 4.78 is 1.07. The maximum absolute atomic E-state index is 10.6. The highest BCUT2D eigenvalue weighted by atomic mass is 79.9. The molecular formula is C14H17BrClNO2. The predicted molar refractivity (Wildman–Crippen MR) is 79.4 cm³/mol. The molecule has 5 heteroatoms. The molecule has 19 heavy (non-hydrogen) atoms. The number of likely N-dealkylation sites (tertiary alicyclic amines) is 1. The fourth-order valence-electron chi connectivity index (χ4n) is 2.53. The van der Waals surface area contributed by atoms with Crippen LogP contribution in [0.5, 0.6) is 0 Å². The maximum atomic E-state index is 10.6. The molecule has 1 saturated heterocycles. The number of hydrogen-bond acceptors (Lipinski definition) is 2. The standard InChI is InChI=1S/C14H17BrClNO2/c15-13-3-2-12(16)7-11(13)9-17-6-5-10(8-17)1-4-14(18)19/h2-3,7,10H,1,4-6,8-9H2,(H,18,19). The lowest BCUT2D eigenvalue weighted by atomic mass is 10.0. The second-order valence-electron chi connectivity index (χ2n) is 5.06. The van der Waals surface area contributed by atoms with E-state index in [9.17, 15) is 4.79 Å². The number of benzene rings is 1. The van der Waals surface area contributed by atoms with Crippen molar-refractivity contribution in [2.45, 2.75) is 25.8 Å². The largest absolute Gasteiger partial charge is 0.481 e. The van der Waals surface area contributed by atoms with Crippen LogP contribution in [-0.4, -0.2) is 29.1 Å².